The summed E-state index contributed by atoms with van der Waals surface area (Å²) in [7, 11) is 0. The Kier molecular flexibility index (Phi) is 5.87. The Labute approximate surface area is 149 Å². The number of rotatable bonds is 6. The van der Waals surface area contributed by atoms with Gasteiger partial charge in [0.1, 0.15) is 18.2 Å². The van der Waals surface area contributed by atoms with Crippen LogP contribution in [0.25, 0.3) is 11.1 Å². The fraction of sp³-hybridized carbons (Fsp3) is 0.150. The van der Waals surface area contributed by atoms with Crippen LogP contribution in [0.3, 0.4) is 0 Å². The van der Waals surface area contributed by atoms with Crippen molar-refractivity contribution in [1.82, 2.24) is 0 Å². The standard InChI is InChI=1S/C20H17F3O3/c1-11(2)10-25-13-5-6-14(16(21)9-13)15-7-8-17(19(23)18(15)22)26-20(24)12(3)4/h5-9H,1,3,10H2,2,4H3. The van der Waals surface area contributed by atoms with E-state index < -0.39 is 29.2 Å². The molecule has 0 aromatic heterocycles. The Hall–Kier alpha value is -3.02. The number of halogens is 3. The average molecular weight is 362 g/mol. The summed E-state index contributed by atoms with van der Waals surface area (Å²) in [6, 6.07) is 5.98. The highest BCUT2D eigenvalue weighted by Gasteiger charge is 2.20. The first kappa shape index (κ1) is 19.3. The van der Waals surface area contributed by atoms with E-state index >= 15 is 0 Å². The van der Waals surface area contributed by atoms with Gasteiger partial charge in [0.15, 0.2) is 11.6 Å². The molecule has 0 radical (unpaired) electrons. The molecule has 0 atom stereocenters. The van der Waals surface area contributed by atoms with Crippen LogP contribution in [0.4, 0.5) is 13.2 Å². The van der Waals surface area contributed by atoms with Crippen LogP contribution in [0.2, 0.25) is 0 Å². The zero-order valence-electron chi connectivity index (χ0n) is 14.4. The molecular weight excluding hydrogens is 345 g/mol. The van der Waals surface area contributed by atoms with Crippen LogP contribution in [0, 0.1) is 17.5 Å². The van der Waals surface area contributed by atoms with Crippen LogP contribution in [0.15, 0.2) is 54.6 Å². The molecule has 0 aliphatic heterocycles. The van der Waals surface area contributed by atoms with Gasteiger partial charge in [0.2, 0.25) is 5.82 Å². The van der Waals surface area contributed by atoms with Crippen LogP contribution in [0.5, 0.6) is 11.5 Å². The van der Waals surface area contributed by atoms with E-state index in [2.05, 4.69) is 13.2 Å². The van der Waals surface area contributed by atoms with Crippen LogP contribution >= 0.6 is 0 Å². The van der Waals surface area contributed by atoms with E-state index in [0.717, 1.165) is 23.8 Å². The normalized spacial score (nSPS) is 10.3. The summed E-state index contributed by atoms with van der Waals surface area (Å²) in [5.41, 5.74) is 0.330. The quantitative estimate of drug-likeness (QED) is 0.306. The predicted octanol–water partition coefficient (Wildman–Crippen LogP) is 5.21. The minimum atomic E-state index is -1.39. The van der Waals surface area contributed by atoms with Gasteiger partial charge in [-0.2, -0.15) is 4.39 Å². The van der Waals surface area contributed by atoms with Crippen molar-refractivity contribution in [3.63, 3.8) is 0 Å². The smallest absolute Gasteiger partial charge is 0.338 e. The molecule has 0 saturated heterocycles. The first-order chi connectivity index (χ1) is 12.2. The highest BCUT2D eigenvalue weighted by Crippen LogP contribution is 2.33. The van der Waals surface area contributed by atoms with E-state index in [9.17, 15) is 18.0 Å². The molecule has 2 rings (SSSR count). The molecule has 0 amide bonds. The van der Waals surface area contributed by atoms with Gasteiger partial charge in [-0.1, -0.05) is 13.2 Å². The number of carbonyl (C=O) groups is 1. The molecule has 2 aromatic rings. The lowest BCUT2D eigenvalue weighted by molar-refractivity contribution is -0.130. The maximum atomic E-state index is 14.3. The van der Waals surface area contributed by atoms with Crippen molar-refractivity contribution in [1.29, 1.82) is 0 Å². The van der Waals surface area contributed by atoms with Crippen molar-refractivity contribution >= 4 is 5.97 Å². The summed E-state index contributed by atoms with van der Waals surface area (Å²) < 4.78 is 52.8. The number of carbonyl (C=O) groups excluding carboxylic acids is 1. The van der Waals surface area contributed by atoms with Crippen LogP contribution in [-0.2, 0) is 4.79 Å². The number of hydrogen-bond donors (Lipinski definition) is 0. The van der Waals surface area contributed by atoms with Crippen molar-refractivity contribution in [3.8, 4) is 22.6 Å². The van der Waals surface area contributed by atoms with Gasteiger partial charge in [0.25, 0.3) is 0 Å². The summed E-state index contributed by atoms with van der Waals surface area (Å²) in [5, 5.41) is 0. The van der Waals surface area contributed by atoms with Crippen LogP contribution in [-0.4, -0.2) is 12.6 Å². The van der Waals surface area contributed by atoms with E-state index in [4.69, 9.17) is 9.47 Å². The van der Waals surface area contributed by atoms with Crippen molar-refractivity contribution in [2.75, 3.05) is 6.61 Å². The van der Waals surface area contributed by atoms with Gasteiger partial charge in [0.05, 0.1) is 0 Å². The zero-order valence-corrected chi connectivity index (χ0v) is 14.4. The molecule has 0 N–H and O–H groups in total. The third kappa shape index (κ3) is 4.33. The molecule has 2 aromatic carbocycles. The Morgan fingerprint density at radius 2 is 1.65 bits per heavy atom. The van der Waals surface area contributed by atoms with Gasteiger partial charge in [-0.05, 0) is 43.7 Å². The van der Waals surface area contributed by atoms with Crippen molar-refractivity contribution in [2.45, 2.75) is 13.8 Å². The third-order valence-electron chi connectivity index (χ3n) is 3.31. The Bertz CT molecular complexity index is 888. The SMILES string of the molecule is C=C(C)COc1ccc(-c2ccc(OC(=O)C(=C)C)c(F)c2F)c(F)c1. The largest absolute Gasteiger partial charge is 0.489 e. The second-order valence-corrected chi connectivity index (χ2v) is 5.80. The van der Waals surface area contributed by atoms with E-state index in [1.807, 2.05) is 0 Å². The molecule has 0 bridgehead atoms. The van der Waals surface area contributed by atoms with Crippen LogP contribution < -0.4 is 9.47 Å². The summed E-state index contributed by atoms with van der Waals surface area (Å²) in [4.78, 5) is 11.4. The minimum absolute atomic E-state index is 0.0327. The van der Waals surface area contributed by atoms with Gasteiger partial charge < -0.3 is 9.47 Å². The van der Waals surface area contributed by atoms with Crippen LogP contribution in [0.1, 0.15) is 13.8 Å². The van der Waals surface area contributed by atoms with Crippen molar-refractivity contribution < 1.29 is 27.4 Å². The summed E-state index contributed by atoms with van der Waals surface area (Å²) in [6.45, 7) is 10.4. The first-order valence-corrected chi connectivity index (χ1v) is 7.63. The lowest BCUT2D eigenvalue weighted by atomic mass is 10.0. The first-order valence-electron chi connectivity index (χ1n) is 7.63. The predicted molar refractivity (Wildman–Crippen MR) is 92.5 cm³/mol. The molecule has 26 heavy (non-hydrogen) atoms. The average Bonchev–Trinajstić information content (AvgIpc) is 2.58. The van der Waals surface area contributed by atoms with E-state index in [1.165, 1.54) is 19.1 Å². The number of esters is 1. The van der Waals surface area contributed by atoms with Gasteiger partial charge in [-0.25, -0.2) is 13.6 Å². The molecule has 0 saturated carbocycles. The van der Waals surface area contributed by atoms with E-state index in [1.54, 1.807) is 6.92 Å². The molecule has 6 heteroatoms. The van der Waals surface area contributed by atoms with Crippen molar-refractivity contribution in [3.05, 3.63) is 72.1 Å². The second-order valence-electron chi connectivity index (χ2n) is 5.80. The van der Waals surface area contributed by atoms with Gasteiger partial charge in [0, 0.05) is 22.8 Å². The highest BCUT2D eigenvalue weighted by atomic mass is 19.2. The van der Waals surface area contributed by atoms with E-state index in [-0.39, 0.29) is 29.1 Å². The minimum Gasteiger partial charge on any atom is -0.489 e. The van der Waals surface area contributed by atoms with Crippen molar-refractivity contribution in [2.24, 2.45) is 0 Å². The molecule has 0 heterocycles. The van der Waals surface area contributed by atoms with Gasteiger partial charge >= 0.3 is 5.97 Å². The third-order valence-corrected chi connectivity index (χ3v) is 3.31. The lowest BCUT2D eigenvalue weighted by Crippen LogP contribution is -2.10. The number of benzene rings is 2. The number of hydrogen-bond acceptors (Lipinski definition) is 3. The fourth-order valence-electron chi connectivity index (χ4n) is 2.02. The maximum Gasteiger partial charge on any atom is 0.338 e. The molecule has 0 unspecified atom stereocenters. The Balaban J connectivity index is 2.34. The molecule has 3 nitrogen and oxygen atoms in total. The monoisotopic (exact) mass is 362 g/mol. The van der Waals surface area contributed by atoms with Gasteiger partial charge in [-0.3, -0.25) is 0 Å². The summed E-state index contributed by atoms with van der Waals surface area (Å²) in [5.74, 6) is -4.75. The van der Waals surface area contributed by atoms with Gasteiger partial charge in [-0.15, -0.1) is 0 Å². The molecule has 0 fully saturated rings. The maximum absolute atomic E-state index is 14.3. The second kappa shape index (κ2) is 7.91. The molecule has 0 spiro atoms. The lowest BCUT2D eigenvalue weighted by Gasteiger charge is -2.11. The summed E-state index contributed by atoms with van der Waals surface area (Å²) in [6.07, 6.45) is 0. The Morgan fingerprint density at radius 1 is 1.00 bits per heavy atom. The topological polar surface area (TPSA) is 35.5 Å². The van der Waals surface area contributed by atoms with E-state index in [0.29, 0.717) is 0 Å². The Morgan fingerprint density at radius 3 is 2.23 bits per heavy atom. The zero-order chi connectivity index (χ0) is 19.4. The summed E-state index contributed by atoms with van der Waals surface area (Å²) >= 11 is 0. The molecule has 0 aliphatic rings. The molecule has 0 aliphatic carbocycles. The molecule has 136 valence electrons. The highest BCUT2D eigenvalue weighted by molar-refractivity contribution is 5.88. The fourth-order valence-corrected chi connectivity index (χ4v) is 2.02. The molecular formula is C20H17F3O3. The number of ether oxygens (including phenoxy) is 2.